The standard InChI is InChI=1S/C18H16ClNO3S/c19-16-7-4-6-15(12-16)13-20(14-17-8-5-11-23-17)24(21,22)18-9-2-1-3-10-18/h1-12H,13-14H2. The van der Waals surface area contributed by atoms with Crippen LogP contribution in [0.25, 0.3) is 0 Å². The lowest BCUT2D eigenvalue weighted by Crippen LogP contribution is -2.30. The first-order valence-electron chi connectivity index (χ1n) is 7.38. The molecule has 0 saturated carbocycles. The zero-order chi connectivity index (χ0) is 17.0. The van der Waals surface area contributed by atoms with Gasteiger partial charge in [-0.15, -0.1) is 0 Å². The zero-order valence-corrected chi connectivity index (χ0v) is 14.4. The molecule has 3 rings (SSSR count). The fourth-order valence-corrected chi connectivity index (χ4v) is 4.01. The molecule has 0 spiro atoms. The number of hydrogen-bond donors (Lipinski definition) is 0. The van der Waals surface area contributed by atoms with E-state index in [1.807, 2.05) is 6.07 Å². The fourth-order valence-electron chi connectivity index (χ4n) is 2.38. The molecule has 0 radical (unpaired) electrons. The molecule has 0 bridgehead atoms. The SMILES string of the molecule is O=S(=O)(c1ccccc1)N(Cc1cccc(Cl)c1)Cc1ccco1. The molecule has 0 saturated heterocycles. The van der Waals surface area contributed by atoms with Crippen molar-refractivity contribution in [2.75, 3.05) is 0 Å². The van der Waals surface area contributed by atoms with Crippen LogP contribution in [0.4, 0.5) is 0 Å². The maximum atomic E-state index is 13.0. The lowest BCUT2D eigenvalue weighted by atomic mass is 10.2. The van der Waals surface area contributed by atoms with Crippen molar-refractivity contribution in [1.82, 2.24) is 4.31 Å². The Labute approximate surface area is 146 Å². The highest BCUT2D eigenvalue weighted by atomic mass is 35.5. The van der Waals surface area contributed by atoms with Crippen LogP contribution in [-0.2, 0) is 23.1 Å². The normalized spacial score (nSPS) is 11.8. The molecule has 3 aromatic rings. The van der Waals surface area contributed by atoms with E-state index in [0.717, 1.165) is 5.56 Å². The molecule has 0 amide bonds. The van der Waals surface area contributed by atoms with Gasteiger partial charge in [-0.1, -0.05) is 41.9 Å². The summed E-state index contributed by atoms with van der Waals surface area (Å²) < 4.78 is 32.7. The van der Waals surface area contributed by atoms with E-state index in [-0.39, 0.29) is 18.0 Å². The highest BCUT2D eigenvalue weighted by Crippen LogP contribution is 2.22. The predicted octanol–water partition coefficient (Wildman–Crippen LogP) is 4.32. The summed E-state index contributed by atoms with van der Waals surface area (Å²) in [5.74, 6) is 0.580. The van der Waals surface area contributed by atoms with Crippen molar-refractivity contribution in [2.24, 2.45) is 0 Å². The van der Waals surface area contributed by atoms with Crippen molar-refractivity contribution in [2.45, 2.75) is 18.0 Å². The van der Waals surface area contributed by atoms with E-state index in [0.29, 0.717) is 10.8 Å². The third-order valence-electron chi connectivity index (χ3n) is 3.54. The van der Waals surface area contributed by atoms with Crippen LogP contribution in [0.2, 0.25) is 5.02 Å². The Morgan fingerprint density at radius 2 is 1.71 bits per heavy atom. The van der Waals surface area contributed by atoms with Crippen molar-refractivity contribution in [3.63, 3.8) is 0 Å². The number of benzene rings is 2. The number of furan rings is 1. The minimum Gasteiger partial charge on any atom is -0.468 e. The van der Waals surface area contributed by atoms with Gasteiger partial charge in [0, 0.05) is 11.6 Å². The van der Waals surface area contributed by atoms with Crippen LogP contribution >= 0.6 is 11.6 Å². The van der Waals surface area contributed by atoms with Crippen LogP contribution in [0.5, 0.6) is 0 Å². The summed E-state index contributed by atoms with van der Waals surface area (Å²) in [6.07, 6.45) is 1.53. The quantitative estimate of drug-likeness (QED) is 0.656. The van der Waals surface area contributed by atoms with Gasteiger partial charge < -0.3 is 4.42 Å². The second-order valence-corrected chi connectivity index (χ2v) is 7.67. The topological polar surface area (TPSA) is 50.5 Å². The molecule has 6 heteroatoms. The number of halogens is 1. The maximum Gasteiger partial charge on any atom is 0.243 e. The van der Waals surface area contributed by atoms with Gasteiger partial charge in [0.05, 0.1) is 17.7 Å². The molecule has 0 aliphatic heterocycles. The second-order valence-electron chi connectivity index (χ2n) is 5.30. The van der Waals surface area contributed by atoms with Gasteiger partial charge in [0.2, 0.25) is 10.0 Å². The molecule has 0 aliphatic carbocycles. The summed E-state index contributed by atoms with van der Waals surface area (Å²) >= 11 is 6.02. The first-order chi connectivity index (χ1) is 11.6. The number of hydrogen-bond acceptors (Lipinski definition) is 3. The van der Waals surface area contributed by atoms with Gasteiger partial charge in [-0.2, -0.15) is 4.31 Å². The molecule has 124 valence electrons. The van der Waals surface area contributed by atoms with Crippen LogP contribution in [0, 0.1) is 0 Å². The summed E-state index contributed by atoms with van der Waals surface area (Å²) in [7, 11) is -3.66. The van der Waals surface area contributed by atoms with E-state index >= 15 is 0 Å². The predicted molar refractivity (Wildman–Crippen MR) is 93.0 cm³/mol. The van der Waals surface area contributed by atoms with Gasteiger partial charge in [-0.05, 0) is 42.0 Å². The van der Waals surface area contributed by atoms with E-state index in [1.54, 1.807) is 60.7 Å². The van der Waals surface area contributed by atoms with Gasteiger partial charge in [0.1, 0.15) is 5.76 Å². The van der Waals surface area contributed by atoms with Gasteiger partial charge in [0.15, 0.2) is 0 Å². The summed E-state index contributed by atoms with van der Waals surface area (Å²) in [4.78, 5) is 0.249. The Balaban J connectivity index is 1.95. The fraction of sp³-hybridized carbons (Fsp3) is 0.111. The van der Waals surface area contributed by atoms with Gasteiger partial charge >= 0.3 is 0 Å². The summed E-state index contributed by atoms with van der Waals surface area (Å²) in [6.45, 7) is 0.356. The molecule has 1 aromatic heterocycles. The zero-order valence-electron chi connectivity index (χ0n) is 12.8. The number of nitrogens with zero attached hydrogens (tertiary/aromatic N) is 1. The maximum absolute atomic E-state index is 13.0. The van der Waals surface area contributed by atoms with Crippen molar-refractivity contribution < 1.29 is 12.8 Å². The highest BCUT2D eigenvalue weighted by molar-refractivity contribution is 7.89. The van der Waals surface area contributed by atoms with Crippen molar-refractivity contribution in [3.05, 3.63) is 89.3 Å². The number of sulfonamides is 1. The molecule has 4 nitrogen and oxygen atoms in total. The highest BCUT2D eigenvalue weighted by Gasteiger charge is 2.25. The minimum absolute atomic E-state index is 0.150. The summed E-state index contributed by atoms with van der Waals surface area (Å²) in [5.41, 5.74) is 0.813. The van der Waals surface area contributed by atoms with Gasteiger partial charge in [-0.3, -0.25) is 0 Å². The molecule has 2 aromatic carbocycles. The average molecular weight is 362 g/mol. The molecule has 0 fully saturated rings. The van der Waals surface area contributed by atoms with Crippen molar-refractivity contribution in [1.29, 1.82) is 0 Å². The van der Waals surface area contributed by atoms with E-state index < -0.39 is 10.0 Å². The first kappa shape index (κ1) is 16.8. The third-order valence-corrected chi connectivity index (χ3v) is 5.58. The van der Waals surface area contributed by atoms with Crippen molar-refractivity contribution in [3.8, 4) is 0 Å². The lowest BCUT2D eigenvalue weighted by Gasteiger charge is -2.21. The van der Waals surface area contributed by atoms with E-state index in [1.165, 1.54) is 10.6 Å². The smallest absolute Gasteiger partial charge is 0.243 e. The second kappa shape index (κ2) is 7.21. The average Bonchev–Trinajstić information content (AvgIpc) is 3.08. The Hall–Kier alpha value is -2.08. The van der Waals surface area contributed by atoms with E-state index in [4.69, 9.17) is 16.0 Å². The number of rotatable bonds is 6. The van der Waals surface area contributed by atoms with Crippen LogP contribution in [0.1, 0.15) is 11.3 Å². The third kappa shape index (κ3) is 3.87. The first-order valence-corrected chi connectivity index (χ1v) is 9.19. The Morgan fingerprint density at radius 3 is 2.38 bits per heavy atom. The van der Waals surface area contributed by atoms with Crippen LogP contribution in [0.15, 0.2) is 82.3 Å². The molecular formula is C18H16ClNO3S. The molecule has 0 aliphatic rings. The van der Waals surface area contributed by atoms with E-state index in [9.17, 15) is 8.42 Å². The summed E-state index contributed by atoms with van der Waals surface area (Å²) in [5, 5.41) is 0.572. The summed E-state index contributed by atoms with van der Waals surface area (Å²) in [6, 6.07) is 19.0. The van der Waals surface area contributed by atoms with Crippen molar-refractivity contribution >= 4 is 21.6 Å². The van der Waals surface area contributed by atoms with Crippen LogP contribution < -0.4 is 0 Å². The molecule has 1 heterocycles. The molecule has 24 heavy (non-hydrogen) atoms. The monoisotopic (exact) mass is 361 g/mol. The van der Waals surface area contributed by atoms with E-state index in [2.05, 4.69) is 0 Å². The molecule has 0 N–H and O–H groups in total. The van der Waals surface area contributed by atoms with Gasteiger partial charge in [0.25, 0.3) is 0 Å². The molecule has 0 atom stereocenters. The Bertz CT molecular complexity index is 893. The minimum atomic E-state index is -3.66. The molecule has 0 unspecified atom stereocenters. The Morgan fingerprint density at radius 1 is 0.917 bits per heavy atom. The largest absolute Gasteiger partial charge is 0.468 e. The Kier molecular flexibility index (Phi) is 5.04. The molecular weight excluding hydrogens is 346 g/mol. The van der Waals surface area contributed by atoms with Gasteiger partial charge in [-0.25, -0.2) is 8.42 Å². The van der Waals surface area contributed by atoms with Crippen LogP contribution in [-0.4, -0.2) is 12.7 Å². The van der Waals surface area contributed by atoms with Crippen LogP contribution in [0.3, 0.4) is 0 Å². The lowest BCUT2D eigenvalue weighted by molar-refractivity contribution is 0.358.